The SMILES string of the molecule is CCC(=O)n1c(=O)cc[nH]c1=O. The summed E-state index contributed by atoms with van der Waals surface area (Å²) in [4.78, 5) is 35.1. The van der Waals surface area contributed by atoms with E-state index >= 15 is 0 Å². The fraction of sp³-hybridized carbons (Fsp3) is 0.286. The first-order chi connectivity index (χ1) is 5.66. The minimum Gasteiger partial charge on any atom is -0.314 e. The number of nitrogens with one attached hydrogen (secondary N) is 1. The smallest absolute Gasteiger partial charge is 0.314 e. The molecule has 1 rings (SSSR count). The topological polar surface area (TPSA) is 71.9 Å². The molecule has 0 saturated carbocycles. The van der Waals surface area contributed by atoms with Crippen molar-refractivity contribution >= 4 is 5.91 Å². The summed E-state index contributed by atoms with van der Waals surface area (Å²) < 4.78 is 0.583. The van der Waals surface area contributed by atoms with Gasteiger partial charge in [0.25, 0.3) is 5.56 Å². The van der Waals surface area contributed by atoms with Crippen LogP contribution in [-0.4, -0.2) is 15.5 Å². The van der Waals surface area contributed by atoms with Gasteiger partial charge in [-0.3, -0.25) is 9.59 Å². The van der Waals surface area contributed by atoms with E-state index in [4.69, 9.17) is 0 Å². The number of aromatic nitrogens is 2. The first-order valence-corrected chi connectivity index (χ1v) is 3.50. The lowest BCUT2D eigenvalue weighted by Gasteiger charge is -1.97. The lowest BCUT2D eigenvalue weighted by atomic mass is 10.4. The number of nitrogens with zero attached hydrogens (tertiary/aromatic N) is 1. The molecule has 5 nitrogen and oxygen atoms in total. The van der Waals surface area contributed by atoms with Crippen LogP contribution >= 0.6 is 0 Å². The zero-order chi connectivity index (χ0) is 9.14. The van der Waals surface area contributed by atoms with Crippen molar-refractivity contribution in [2.45, 2.75) is 13.3 Å². The highest BCUT2D eigenvalue weighted by Crippen LogP contribution is 1.79. The number of hydrogen-bond acceptors (Lipinski definition) is 3. The van der Waals surface area contributed by atoms with Gasteiger partial charge in [0, 0.05) is 18.7 Å². The van der Waals surface area contributed by atoms with Gasteiger partial charge in [0.15, 0.2) is 0 Å². The van der Waals surface area contributed by atoms with Crippen LogP contribution in [0.25, 0.3) is 0 Å². The molecule has 0 aliphatic rings. The fourth-order valence-electron chi connectivity index (χ4n) is 0.818. The standard InChI is InChI=1S/C7H8N2O3/c1-2-5(10)9-6(11)3-4-8-7(9)12/h3-4H,2H2,1H3,(H,8,12). The van der Waals surface area contributed by atoms with Gasteiger partial charge in [-0.2, -0.15) is 4.57 Å². The van der Waals surface area contributed by atoms with Crippen LogP contribution in [0, 0.1) is 0 Å². The van der Waals surface area contributed by atoms with Crippen LogP contribution in [0.3, 0.4) is 0 Å². The Kier molecular flexibility index (Phi) is 2.23. The molecular weight excluding hydrogens is 160 g/mol. The molecule has 1 N–H and O–H groups in total. The third kappa shape index (κ3) is 1.34. The molecule has 0 saturated heterocycles. The van der Waals surface area contributed by atoms with Crippen LogP contribution in [0.1, 0.15) is 18.1 Å². The number of H-pyrrole nitrogens is 1. The van der Waals surface area contributed by atoms with Gasteiger partial charge in [0.2, 0.25) is 5.91 Å². The monoisotopic (exact) mass is 168 g/mol. The van der Waals surface area contributed by atoms with Crippen LogP contribution in [0.4, 0.5) is 0 Å². The molecule has 0 unspecified atom stereocenters. The van der Waals surface area contributed by atoms with Gasteiger partial charge in [-0.05, 0) is 0 Å². The van der Waals surface area contributed by atoms with Crippen molar-refractivity contribution in [2.75, 3.05) is 0 Å². The molecule has 1 heterocycles. The summed E-state index contributed by atoms with van der Waals surface area (Å²) in [7, 11) is 0. The Morgan fingerprint density at radius 1 is 1.58 bits per heavy atom. The van der Waals surface area contributed by atoms with Crippen molar-refractivity contribution < 1.29 is 4.79 Å². The van der Waals surface area contributed by atoms with E-state index in [9.17, 15) is 14.4 Å². The Balaban J connectivity index is 3.42. The quantitative estimate of drug-likeness (QED) is 0.619. The van der Waals surface area contributed by atoms with Crippen molar-refractivity contribution in [3.63, 3.8) is 0 Å². The largest absolute Gasteiger partial charge is 0.335 e. The van der Waals surface area contributed by atoms with Crippen LogP contribution in [-0.2, 0) is 0 Å². The third-order valence-electron chi connectivity index (χ3n) is 1.41. The first-order valence-electron chi connectivity index (χ1n) is 3.50. The minimum absolute atomic E-state index is 0.132. The van der Waals surface area contributed by atoms with E-state index < -0.39 is 17.2 Å². The minimum atomic E-state index is -0.686. The summed E-state index contributed by atoms with van der Waals surface area (Å²) in [6, 6.07) is 1.13. The second-order valence-corrected chi connectivity index (χ2v) is 2.20. The van der Waals surface area contributed by atoms with E-state index in [1.807, 2.05) is 0 Å². The van der Waals surface area contributed by atoms with Crippen LogP contribution in [0.5, 0.6) is 0 Å². The summed E-state index contributed by atoms with van der Waals surface area (Å²) in [5.41, 5.74) is -1.28. The van der Waals surface area contributed by atoms with Gasteiger partial charge in [0.1, 0.15) is 0 Å². The van der Waals surface area contributed by atoms with Crippen molar-refractivity contribution in [1.29, 1.82) is 0 Å². The van der Waals surface area contributed by atoms with Crippen molar-refractivity contribution in [2.24, 2.45) is 0 Å². The summed E-state index contributed by atoms with van der Waals surface area (Å²) in [6.45, 7) is 1.58. The molecule has 0 bridgehead atoms. The highest BCUT2D eigenvalue weighted by molar-refractivity contribution is 5.77. The summed E-state index contributed by atoms with van der Waals surface area (Å²) in [6.07, 6.45) is 1.34. The highest BCUT2D eigenvalue weighted by atomic mass is 16.2. The Bertz CT molecular complexity index is 373. The zero-order valence-corrected chi connectivity index (χ0v) is 6.53. The van der Waals surface area contributed by atoms with Crippen LogP contribution < -0.4 is 11.2 Å². The molecule has 0 aliphatic carbocycles. The lowest BCUT2D eigenvalue weighted by molar-refractivity contribution is 0.0899. The normalized spacial score (nSPS) is 9.75. The van der Waals surface area contributed by atoms with Gasteiger partial charge in [-0.15, -0.1) is 0 Å². The van der Waals surface area contributed by atoms with Gasteiger partial charge >= 0.3 is 5.69 Å². The maximum atomic E-state index is 11.0. The first kappa shape index (κ1) is 8.45. The molecule has 1 aromatic rings. The number of aromatic amines is 1. The van der Waals surface area contributed by atoms with Crippen LogP contribution in [0.15, 0.2) is 21.9 Å². The lowest BCUT2D eigenvalue weighted by Crippen LogP contribution is -2.38. The van der Waals surface area contributed by atoms with Gasteiger partial charge < -0.3 is 4.98 Å². The Morgan fingerprint density at radius 2 is 2.25 bits per heavy atom. The molecule has 0 aromatic carbocycles. The van der Waals surface area contributed by atoms with E-state index in [-0.39, 0.29) is 6.42 Å². The summed E-state index contributed by atoms with van der Waals surface area (Å²) in [5, 5.41) is 0. The van der Waals surface area contributed by atoms with Crippen molar-refractivity contribution in [3.05, 3.63) is 33.1 Å². The fourth-order valence-corrected chi connectivity index (χ4v) is 0.818. The van der Waals surface area contributed by atoms with Crippen LogP contribution in [0.2, 0.25) is 0 Å². The van der Waals surface area contributed by atoms with Gasteiger partial charge in [0.05, 0.1) is 0 Å². The molecule has 1 aromatic heterocycles. The average Bonchev–Trinajstić information content (AvgIpc) is 2.03. The van der Waals surface area contributed by atoms with E-state index in [0.717, 1.165) is 6.07 Å². The molecule has 0 atom stereocenters. The Hall–Kier alpha value is -1.65. The maximum Gasteiger partial charge on any atom is 0.335 e. The Labute approximate surface area is 67.7 Å². The third-order valence-corrected chi connectivity index (χ3v) is 1.41. The molecular formula is C7H8N2O3. The molecule has 0 radical (unpaired) electrons. The van der Waals surface area contributed by atoms with E-state index in [1.54, 1.807) is 6.92 Å². The van der Waals surface area contributed by atoms with Crippen molar-refractivity contribution in [1.82, 2.24) is 9.55 Å². The second kappa shape index (κ2) is 3.17. The molecule has 0 aliphatic heterocycles. The molecule has 12 heavy (non-hydrogen) atoms. The molecule has 0 fully saturated rings. The molecule has 5 heteroatoms. The van der Waals surface area contributed by atoms with E-state index in [0.29, 0.717) is 4.57 Å². The van der Waals surface area contributed by atoms with E-state index in [2.05, 4.69) is 4.98 Å². The Morgan fingerprint density at radius 3 is 2.75 bits per heavy atom. The van der Waals surface area contributed by atoms with Crippen molar-refractivity contribution in [3.8, 4) is 0 Å². The number of carbonyl (C=O) groups is 1. The number of carbonyl (C=O) groups excluding carboxylic acids is 1. The summed E-state index contributed by atoms with van der Waals surface area (Å²) in [5.74, 6) is -0.498. The highest BCUT2D eigenvalue weighted by Gasteiger charge is 2.06. The number of hydrogen-bond donors (Lipinski definition) is 1. The molecule has 64 valence electrons. The maximum absolute atomic E-state index is 11.0. The molecule has 0 amide bonds. The predicted octanol–water partition coefficient (Wildman–Crippen LogP) is -0.413. The average molecular weight is 168 g/mol. The van der Waals surface area contributed by atoms with E-state index in [1.165, 1.54) is 6.20 Å². The number of rotatable bonds is 1. The predicted molar refractivity (Wildman–Crippen MR) is 42.2 cm³/mol. The summed E-state index contributed by atoms with van der Waals surface area (Å²) >= 11 is 0. The second-order valence-electron chi connectivity index (χ2n) is 2.20. The van der Waals surface area contributed by atoms with Gasteiger partial charge in [-0.25, -0.2) is 4.79 Å². The molecule has 0 spiro atoms. The zero-order valence-electron chi connectivity index (χ0n) is 6.53. The van der Waals surface area contributed by atoms with Gasteiger partial charge in [-0.1, -0.05) is 6.92 Å².